The van der Waals surface area contributed by atoms with Gasteiger partial charge in [-0.3, -0.25) is 4.79 Å². The number of rotatable bonds is 4. The predicted molar refractivity (Wildman–Crippen MR) is 96.9 cm³/mol. The predicted octanol–water partition coefficient (Wildman–Crippen LogP) is 2.94. The van der Waals surface area contributed by atoms with Gasteiger partial charge in [-0.1, -0.05) is 11.6 Å². The van der Waals surface area contributed by atoms with Crippen molar-refractivity contribution in [3.8, 4) is 11.8 Å². The molecule has 2 aromatic rings. The van der Waals surface area contributed by atoms with E-state index in [9.17, 15) is 4.79 Å². The average Bonchev–Trinajstić information content (AvgIpc) is 2.67. The molecule has 1 heterocycles. The topological polar surface area (TPSA) is 56.6 Å². The quantitative estimate of drug-likeness (QED) is 0.846. The Labute approximate surface area is 152 Å². The smallest absolute Gasteiger partial charge is 0.260 e. The van der Waals surface area contributed by atoms with Gasteiger partial charge in [0.2, 0.25) is 0 Å². The zero-order valence-corrected chi connectivity index (χ0v) is 14.4. The number of amides is 1. The standard InChI is InChI=1S/C19H18ClN3O2/c20-16-3-7-18(8-4-16)25-14-19(24)23-11-9-22(10-12-23)17-5-1-15(13-21)2-6-17/h1-8H,9-12,14H2. The van der Waals surface area contributed by atoms with Crippen LogP contribution in [0, 0.1) is 11.3 Å². The van der Waals surface area contributed by atoms with E-state index in [-0.39, 0.29) is 12.5 Å². The van der Waals surface area contributed by atoms with Gasteiger partial charge in [-0.25, -0.2) is 0 Å². The van der Waals surface area contributed by atoms with Crippen LogP contribution >= 0.6 is 11.6 Å². The number of benzene rings is 2. The van der Waals surface area contributed by atoms with Gasteiger partial charge in [0.25, 0.3) is 5.91 Å². The highest BCUT2D eigenvalue weighted by Crippen LogP contribution is 2.18. The van der Waals surface area contributed by atoms with Crippen molar-refractivity contribution in [3.05, 3.63) is 59.1 Å². The minimum absolute atomic E-state index is 0.0190. The molecule has 0 saturated carbocycles. The van der Waals surface area contributed by atoms with Gasteiger partial charge in [0.15, 0.2) is 6.61 Å². The zero-order valence-electron chi connectivity index (χ0n) is 13.7. The van der Waals surface area contributed by atoms with E-state index >= 15 is 0 Å². The van der Waals surface area contributed by atoms with E-state index in [4.69, 9.17) is 21.6 Å². The molecule has 1 fully saturated rings. The lowest BCUT2D eigenvalue weighted by Gasteiger charge is -2.36. The lowest BCUT2D eigenvalue weighted by atomic mass is 10.2. The molecular weight excluding hydrogens is 338 g/mol. The van der Waals surface area contributed by atoms with E-state index in [1.54, 1.807) is 24.3 Å². The van der Waals surface area contributed by atoms with Crippen LogP contribution in [0.5, 0.6) is 5.75 Å². The molecule has 6 heteroatoms. The first kappa shape index (κ1) is 17.1. The van der Waals surface area contributed by atoms with Gasteiger partial charge in [-0.15, -0.1) is 0 Å². The van der Waals surface area contributed by atoms with E-state index in [1.807, 2.05) is 29.2 Å². The minimum atomic E-state index is -0.0190. The molecule has 5 nitrogen and oxygen atoms in total. The summed E-state index contributed by atoms with van der Waals surface area (Å²) in [5.74, 6) is 0.614. The van der Waals surface area contributed by atoms with E-state index in [1.165, 1.54) is 0 Å². The molecule has 0 aliphatic carbocycles. The van der Waals surface area contributed by atoms with Crippen molar-refractivity contribution in [1.29, 1.82) is 5.26 Å². The third-order valence-corrected chi connectivity index (χ3v) is 4.42. The molecule has 0 unspecified atom stereocenters. The fourth-order valence-electron chi connectivity index (χ4n) is 2.73. The van der Waals surface area contributed by atoms with Crippen LogP contribution in [0.3, 0.4) is 0 Å². The number of hydrogen-bond acceptors (Lipinski definition) is 4. The molecular formula is C19H18ClN3O2. The van der Waals surface area contributed by atoms with Crippen molar-refractivity contribution in [2.75, 3.05) is 37.7 Å². The number of carbonyl (C=O) groups excluding carboxylic acids is 1. The summed E-state index contributed by atoms with van der Waals surface area (Å²) in [4.78, 5) is 16.3. The molecule has 0 radical (unpaired) electrons. The summed E-state index contributed by atoms with van der Waals surface area (Å²) in [6.07, 6.45) is 0. The Hall–Kier alpha value is -2.71. The van der Waals surface area contributed by atoms with Gasteiger partial charge in [0, 0.05) is 36.9 Å². The van der Waals surface area contributed by atoms with E-state index in [0.29, 0.717) is 29.4 Å². The number of carbonyl (C=O) groups is 1. The van der Waals surface area contributed by atoms with Crippen LogP contribution in [0.15, 0.2) is 48.5 Å². The summed E-state index contributed by atoms with van der Waals surface area (Å²) in [6.45, 7) is 2.86. The Morgan fingerprint density at radius 1 is 1.04 bits per heavy atom. The monoisotopic (exact) mass is 355 g/mol. The fraction of sp³-hybridized carbons (Fsp3) is 0.263. The van der Waals surface area contributed by atoms with Gasteiger partial charge in [-0.05, 0) is 48.5 Å². The number of hydrogen-bond donors (Lipinski definition) is 0. The molecule has 0 aromatic heterocycles. The third-order valence-electron chi connectivity index (χ3n) is 4.17. The van der Waals surface area contributed by atoms with Crippen LogP contribution < -0.4 is 9.64 Å². The average molecular weight is 356 g/mol. The lowest BCUT2D eigenvalue weighted by Crippen LogP contribution is -2.50. The second-order valence-electron chi connectivity index (χ2n) is 5.77. The van der Waals surface area contributed by atoms with E-state index in [0.717, 1.165) is 18.8 Å². The van der Waals surface area contributed by atoms with Gasteiger partial charge in [0.1, 0.15) is 5.75 Å². The highest BCUT2D eigenvalue weighted by Gasteiger charge is 2.21. The first-order chi connectivity index (χ1) is 12.2. The minimum Gasteiger partial charge on any atom is -0.484 e. The van der Waals surface area contributed by atoms with Crippen molar-refractivity contribution in [3.63, 3.8) is 0 Å². The number of anilines is 1. The molecule has 128 valence electrons. The molecule has 1 aliphatic heterocycles. The number of halogens is 1. The molecule has 0 N–H and O–H groups in total. The summed E-state index contributed by atoms with van der Waals surface area (Å²) in [5.41, 5.74) is 1.72. The summed E-state index contributed by atoms with van der Waals surface area (Å²) in [5, 5.41) is 9.49. The van der Waals surface area contributed by atoms with E-state index in [2.05, 4.69) is 11.0 Å². The first-order valence-corrected chi connectivity index (χ1v) is 8.45. The normalized spacial score (nSPS) is 14.1. The van der Waals surface area contributed by atoms with E-state index < -0.39 is 0 Å². The molecule has 3 rings (SSSR count). The Balaban J connectivity index is 1.48. The summed E-state index contributed by atoms with van der Waals surface area (Å²) < 4.78 is 5.52. The van der Waals surface area contributed by atoms with Gasteiger partial charge >= 0.3 is 0 Å². The second-order valence-corrected chi connectivity index (χ2v) is 6.21. The van der Waals surface area contributed by atoms with Crippen LogP contribution in [0.1, 0.15) is 5.56 Å². The number of nitrogens with zero attached hydrogens (tertiary/aromatic N) is 3. The summed E-state index contributed by atoms with van der Waals surface area (Å²) >= 11 is 5.83. The van der Waals surface area contributed by atoms with Crippen molar-refractivity contribution in [2.24, 2.45) is 0 Å². The Kier molecular flexibility index (Phi) is 5.42. The SMILES string of the molecule is N#Cc1ccc(N2CCN(C(=O)COc3ccc(Cl)cc3)CC2)cc1. The highest BCUT2D eigenvalue weighted by atomic mass is 35.5. The van der Waals surface area contributed by atoms with Crippen LogP contribution in [0.4, 0.5) is 5.69 Å². The number of ether oxygens (including phenoxy) is 1. The maximum absolute atomic E-state index is 12.3. The van der Waals surface area contributed by atoms with Gasteiger partial charge in [0.05, 0.1) is 11.6 Å². The maximum Gasteiger partial charge on any atom is 0.260 e. The van der Waals surface area contributed by atoms with Crippen molar-refractivity contribution in [1.82, 2.24) is 4.90 Å². The molecule has 1 amide bonds. The fourth-order valence-corrected chi connectivity index (χ4v) is 2.85. The first-order valence-electron chi connectivity index (χ1n) is 8.07. The summed E-state index contributed by atoms with van der Waals surface area (Å²) in [6, 6.07) is 16.6. The molecule has 0 spiro atoms. The summed E-state index contributed by atoms with van der Waals surface area (Å²) in [7, 11) is 0. The van der Waals surface area contributed by atoms with Crippen molar-refractivity contribution in [2.45, 2.75) is 0 Å². The Morgan fingerprint density at radius 2 is 1.68 bits per heavy atom. The Bertz CT molecular complexity index is 761. The maximum atomic E-state index is 12.3. The zero-order chi connectivity index (χ0) is 17.6. The molecule has 2 aromatic carbocycles. The van der Waals surface area contributed by atoms with Gasteiger partial charge < -0.3 is 14.5 Å². The molecule has 1 aliphatic rings. The van der Waals surface area contributed by atoms with Crippen LogP contribution in [0.25, 0.3) is 0 Å². The van der Waals surface area contributed by atoms with Gasteiger partial charge in [-0.2, -0.15) is 5.26 Å². The molecule has 1 saturated heterocycles. The van der Waals surface area contributed by atoms with Crippen LogP contribution in [0.2, 0.25) is 5.02 Å². The largest absolute Gasteiger partial charge is 0.484 e. The third kappa shape index (κ3) is 4.43. The number of piperazine rings is 1. The Morgan fingerprint density at radius 3 is 2.28 bits per heavy atom. The highest BCUT2D eigenvalue weighted by molar-refractivity contribution is 6.30. The lowest BCUT2D eigenvalue weighted by molar-refractivity contribution is -0.133. The molecule has 0 atom stereocenters. The molecule has 25 heavy (non-hydrogen) atoms. The number of nitriles is 1. The van der Waals surface area contributed by atoms with Crippen molar-refractivity contribution >= 4 is 23.2 Å². The second kappa shape index (κ2) is 7.91. The molecule has 0 bridgehead atoms. The van der Waals surface area contributed by atoms with Crippen LogP contribution in [-0.4, -0.2) is 43.6 Å². The van der Waals surface area contributed by atoms with Crippen LogP contribution in [-0.2, 0) is 4.79 Å². The van der Waals surface area contributed by atoms with Crippen molar-refractivity contribution < 1.29 is 9.53 Å².